The number of ether oxygens (including phenoxy) is 4. The number of hydrogen-bond donors (Lipinski definition) is 2. The van der Waals surface area contributed by atoms with Crippen molar-refractivity contribution in [2.24, 2.45) is 11.8 Å². The van der Waals surface area contributed by atoms with E-state index in [2.05, 4.69) is 73.1 Å². The van der Waals surface area contributed by atoms with Gasteiger partial charge in [0, 0.05) is 67.5 Å². The summed E-state index contributed by atoms with van der Waals surface area (Å²) < 4.78 is 22.0. The Morgan fingerprint density at radius 1 is 0.451 bits per heavy atom. The minimum Gasteiger partial charge on any atom is -0.354 e. The summed E-state index contributed by atoms with van der Waals surface area (Å²) >= 11 is 0. The Balaban J connectivity index is 5.16. The zero-order valence-electron chi connectivity index (χ0n) is 47.2. The van der Waals surface area contributed by atoms with Crippen molar-refractivity contribution in [2.45, 2.75) is 214 Å². The lowest BCUT2D eigenvalue weighted by Crippen LogP contribution is -2.55. The van der Waals surface area contributed by atoms with Gasteiger partial charge in [-0.15, -0.1) is 0 Å². The fourth-order valence-electron chi connectivity index (χ4n) is 8.49. The Kier molecular flexibility index (Phi) is 44.2. The fourth-order valence-corrected chi connectivity index (χ4v) is 8.49. The van der Waals surface area contributed by atoms with Gasteiger partial charge in [0.05, 0.1) is 13.1 Å². The summed E-state index contributed by atoms with van der Waals surface area (Å²) in [7, 11) is 8.08. The van der Waals surface area contributed by atoms with Crippen LogP contribution >= 0.6 is 0 Å². The molecule has 0 radical (unpaired) electrons. The molecule has 0 aromatic carbocycles. The lowest BCUT2D eigenvalue weighted by atomic mass is 10.00. The molecule has 0 fully saturated rings. The van der Waals surface area contributed by atoms with Crippen LogP contribution in [-0.2, 0) is 38.1 Å². The maximum absolute atomic E-state index is 13.8. The SMILES string of the molecule is CCCC/C=C\C/C=C\CCCCCCCC(=O)N(CC(OC)OC)C(C(=O)NCCN(C)CCNC(=O)C(C(C)C)N(CC(OC)OC)C(=O)CCCCCCC/C=C\C/C=C\CCCCC)C(C)C. The van der Waals surface area contributed by atoms with Crippen LogP contribution < -0.4 is 10.6 Å². The summed E-state index contributed by atoms with van der Waals surface area (Å²) in [6, 6.07) is -1.39. The summed E-state index contributed by atoms with van der Waals surface area (Å²) in [6.07, 6.45) is 40.4. The summed E-state index contributed by atoms with van der Waals surface area (Å²) in [5.74, 6) is -0.903. The first-order chi connectivity index (χ1) is 34.3. The van der Waals surface area contributed by atoms with Gasteiger partial charge < -0.3 is 44.3 Å². The molecule has 0 aliphatic heterocycles. The summed E-state index contributed by atoms with van der Waals surface area (Å²) in [4.78, 5) is 60.5. The maximum Gasteiger partial charge on any atom is 0.243 e. The van der Waals surface area contributed by atoms with Gasteiger partial charge in [-0.05, 0) is 89.5 Å². The summed E-state index contributed by atoms with van der Waals surface area (Å²) in [5, 5.41) is 6.14. The highest BCUT2D eigenvalue weighted by atomic mass is 16.7. The standard InChI is InChI=1S/C58H107N5O8/c1-12-14-16-18-20-22-24-26-28-30-32-34-36-38-40-42-52(65)63(48-54(70-10)71-11)56(50(5)6)58(67)60-44-46-61(7)45-43-59-57(66)55(49(3)4)62(47-53(68-8)69-9)51(64)41-39-37-35-33-31-29-27-25-23-21-19-17-15-13-2/h19-22,25-28,49-50,53-56H,12-18,23-24,29-48H2,1-11H3,(H,59,66)(H,60,67)/b21-19-,22-20-,27-25-,28-26-. The summed E-state index contributed by atoms with van der Waals surface area (Å²) in [6.45, 7) is 14.3. The Bertz CT molecular complexity index is 1440. The van der Waals surface area contributed by atoms with Gasteiger partial charge in [0.25, 0.3) is 0 Å². The fraction of sp³-hybridized carbons (Fsp3) is 0.793. The van der Waals surface area contributed by atoms with Gasteiger partial charge in [-0.3, -0.25) is 19.2 Å². The zero-order chi connectivity index (χ0) is 52.9. The van der Waals surface area contributed by atoms with Crippen molar-refractivity contribution < 1.29 is 38.1 Å². The number of carbonyl (C=O) groups is 4. The molecule has 2 atom stereocenters. The van der Waals surface area contributed by atoms with E-state index in [9.17, 15) is 19.2 Å². The van der Waals surface area contributed by atoms with E-state index in [1.165, 1.54) is 67.0 Å². The first-order valence-corrected chi connectivity index (χ1v) is 27.9. The number of carbonyl (C=O) groups excluding carboxylic acids is 4. The molecule has 0 aromatic rings. The van der Waals surface area contributed by atoms with Crippen molar-refractivity contribution in [1.29, 1.82) is 0 Å². The molecule has 0 heterocycles. The number of hydrogen-bond acceptors (Lipinski definition) is 9. The van der Waals surface area contributed by atoms with Crippen molar-refractivity contribution in [2.75, 3.05) is 74.8 Å². The predicted octanol–water partition coefficient (Wildman–Crippen LogP) is 11.3. The van der Waals surface area contributed by atoms with Crippen LogP contribution in [0.15, 0.2) is 48.6 Å². The molecule has 0 aliphatic carbocycles. The molecule has 412 valence electrons. The second-order valence-corrected chi connectivity index (χ2v) is 19.8. The van der Waals surface area contributed by atoms with Crippen LogP contribution in [0.5, 0.6) is 0 Å². The third kappa shape index (κ3) is 34.7. The maximum atomic E-state index is 13.8. The average molecular weight is 1000 g/mol. The molecule has 0 aliphatic rings. The molecular formula is C58H107N5O8. The number of nitrogens with zero attached hydrogens (tertiary/aromatic N) is 3. The Labute approximate surface area is 434 Å². The first-order valence-electron chi connectivity index (χ1n) is 27.9. The van der Waals surface area contributed by atoms with Crippen LogP contribution in [-0.4, -0.2) is 138 Å². The number of unbranched alkanes of at least 4 members (excludes halogenated alkanes) is 15. The number of methoxy groups -OCH3 is 4. The van der Waals surface area contributed by atoms with Gasteiger partial charge >= 0.3 is 0 Å². The van der Waals surface area contributed by atoms with Crippen LogP contribution in [0.1, 0.15) is 189 Å². The normalized spacial score (nSPS) is 13.1. The smallest absolute Gasteiger partial charge is 0.243 e. The van der Waals surface area contributed by atoms with E-state index in [4.69, 9.17) is 18.9 Å². The third-order valence-electron chi connectivity index (χ3n) is 12.9. The molecule has 2 unspecified atom stereocenters. The first kappa shape index (κ1) is 67.6. The van der Waals surface area contributed by atoms with Gasteiger partial charge in [0.15, 0.2) is 12.6 Å². The average Bonchev–Trinajstić information content (AvgIpc) is 3.34. The summed E-state index contributed by atoms with van der Waals surface area (Å²) in [5.41, 5.74) is 0. The number of amides is 4. The van der Waals surface area contributed by atoms with Gasteiger partial charge in [-0.1, -0.05) is 154 Å². The van der Waals surface area contributed by atoms with Crippen LogP contribution in [0.25, 0.3) is 0 Å². The van der Waals surface area contributed by atoms with Crippen LogP contribution in [0.4, 0.5) is 0 Å². The van der Waals surface area contributed by atoms with Crippen molar-refractivity contribution in [3.63, 3.8) is 0 Å². The molecule has 0 bridgehead atoms. The van der Waals surface area contributed by atoms with E-state index in [-0.39, 0.29) is 48.6 Å². The molecule has 4 amide bonds. The van der Waals surface area contributed by atoms with Gasteiger partial charge in [-0.2, -0.15) is 0 Å². The lowest BCUT2D eigenvalue weighted by molar-refractivity contribution is -0.156. The molecule has 0 saturated heterocycles. The number of allylic oxidation sites excluding steroid dienone is 8. The largest absolute Gasteiger partial charge is 0.354 e. The molecule has 2 N–H and O–H groups in total. The van der Waals surface area contributed by atoms with E-state index < -0.39 is 24.7 Å². The quantitative estimate of drug-likeness (QED) is 0.0346. The highest BCUT2D eigenvalue weighted by molar-refractivity contribution is 5.88. The zero-order valence-corrected chi connectivity index (χ0v) is 47.2. The molecule has 0 spiro atoms. The van der Waals surface area contributed by atoms with E-state index in [0.717, 1.165) is 96.3 Å². The minimum absolute atomic E-state index is 0.0808. The second kappa shape index (κ2) is 46.4. The molecule has 13 nitrogen and oxygen atoms in total. The second-order valence-electron chi connectivity index (χ2n) is 19.8. The number of rotatable bonds is 47. The predicted molar refractivity (Wildman–Crippen MR) is 294 cm³/mol. The highest BCUT2D eigenvalue weighted by Gasteiger charge is 2.35. The molecule has 0 aromatic heterocycles. The Hall–Kier alpha value is -3.36. The molecule has 0 saturated carbocycles. The van der Waals surface area contributed by atoms with E-state index in [0.29, 0.717) is 39.0 Å². The number of nitrogens with one attached hydrogen (secondary N) is 2. The molecule has 13 heteroatoms. The van der Waals surface area contributed by atoms with Crippen molar-refractivity contribution in [3.05, 3.63) is 48.6 Å². The van der Waals surface area contributed by atoms with E-state index in [1.807, 2.05) is 39.6 Å². The van der Waals surface area contributed by atoms with Gasteiger partial charge in [-0.25, -0.2) is 0 Å². The van der Waals surface area contributed by atoms with Crippen molar-refractivity contribution >= 4 is 23.6 Å². The van der Waals surface area contributed by atoms with Crippen molar-refractivity contribution in [3.8, 4) is 0 Å². The Morgan fingerprint density at radius 2 is 0.775 bits per heavy atom. The third-order valence-corrected chi connectivity index (χ3v) is 12.9. The lowest BCUT2D eigenvalue weighted by Gasteiger charge is -2.35. The molecule has 71 heavy (non-hydrogen) atoms. The Morgan fingerprint density at radius 3 is 1.11 bits per heavy atom. The van der Waals surface area contributed by atoms with Gasteiger partial charge in [0.1, 0.15) is 12.1 Å². The van der Waals surface area contributed by atoms with Crippen molar-refractivity contribution in [1.82, 2.24) is 25.3 Å². The van der Waals surface area contributed by atoms with E-state index >= 15 is 0 Å². The number of likely N-dealkylation sites (N-methyl/N-ethyl adjacent to an activating group) is 1. The van der Waals surface area contributed by atoms with E-state index in [1.54, 1.807) is 9.80 Å². The molecule has 0 rings (SSSR count). The molecular weight excluding hydrogens is 895 g/mol. The monoisotopic (exact) mass is 1000 g/mol. The minimum atomic E-state index is -0.697. The van der Waals surface area contributed by atoms with Crippen LogP contribution in [0, 0.1) is 11.8 Å². The van der Waals surface area contributed by atoms with Crippen LogP contribution in [0.3, 0.4) is 0 Å². The highest BCUT2D eigenvalue weighted by Crippen LogP contribution is 2.19. The van der Waals surface area contributed by atoms with Gasteiger partial charge in [0.2, 0.25) is 23.6 Å². The van der Waals surface area contributed by atoms with Crippen LogP contribution in [0.2, 0.25) is 0 Å². The topological polar surface area (TPSA) is 139 Å².